The Morgan fingerprint density at radius 2 is 1.96 bits per heavy atom. The second-order valence-corrected chi connectivity index (χ2v) is 10.0. The number of ether oxygens (including phenoxy) is 2. The first kappa shape index (κ1) is 18.6. The van der Waals surface area contributed by atoms with Crippen LogP contribution in [0.4, 0.5) is 0 Å². The monoisotopic (exact) mass is 374 g/mol. The van der Waals surface area contributed by atoms with E-state index in [0.717, 1.165) is 0 Å². The molecule has 3 rings (SSSR count). The molecule has 3 fully saturated rings. The zero-order valence-electron chi connectivity index (χ0n) is 15.3. The van der Waals surface area contributed by atoms with E-state index in [1.165, 1.54) is 6.92 Å². The Morgan fingerprint density at radius 1 is 1.32 bits per heavy atom. The average molecular weight is 374 g/mol. The summed E-state index contributed by atoms with van der Waals surface area (Å²) < 4.78 is 40.4. The van der Waals surface area contributed by atoms with Crippen LogP contribution in [0.1, 0.15) is 53.9 Å². The van der Waals surface area contributed by atoms with E-state index in [0.29, 0.717) is 19.3 Å². The van der Waals surface area contributed by atoms with Gasteiger partial charge in [-0.2, -0.15) is 8.42 Å². The van der Waals surface area contributed by atoms with Gasteiger partial charge in [-0.05, 0) is 47.0 Å². The predicted octanol–water partition coefficient (Wildman–Crippen LogP) is 1.79. The Morgan fingerprint density at radius 3 is 2.56 bits per heavy atom. The fourth-order valence-electron chi connectivity index (χ4n) is 4.25. The fraction of sp³-hybridized carbons (Fsp3) is 0.882. The van der Waals surface area contributed by atoms with Crippen LogP contribution in [-0.4, -0.2) is 43.4 Å². The fourth-order valence-corrected chi connectivity index (χ4v) is 6.36. The summed E-state index contributed by atoms with van der Waals surface area (Å²) in [5.74, 6) is -1.30. The van der Waals surface area contributed by atoms with Crippen molar-refractivity contribution in [3.8, 4) is 0 Å². The lowest BCUT2D eigenvalue weighted by Gasteiger charge is -2.34. The van der Waals surface area contributed by atoms with E-state index in [4.69, 9.17) is 13.7 Å². The van der Waals surface area contributed by atoms with Gasteiger partial charge in [-0.1, -0.05) is 6.92 Å². The zero-order valence-corrected chi connectivity index (χ0v) is 16.1. The van der Waals surface area contributed by atoms with Gasteiger partial charge in [-0.15, -0.1) is 0 Å². The van der Waals surface area contributed by atoms with Gasteiger partial charge in [0.2, 0.25) is 0 Å². The van der Waals surface area contributed by atoms with Crippen molar-refractivity contribution in [3.05, 3.63) is 0 Å². The highest BCUT2D eigenvalue weighted by Crippen LogP contribution is 2.61. The van der Waals surface area contributed by atoms with Crippen molar-refractivity contribution in [2.75, 3.05) is 0 Å². The molecule has 0 aromatic heterocycles. The molecule has 0 N–H and O–H groups in total. The standard InChI is InChI=1S/C17H26O7S/c1-6-16(3,4)15(19)22-9(2)14(18)23-13-10-7-11-12(8-10)25(20,21)24-17(11,13)5/h9-13H,6-8H2,1-5H3. The van der Waals surface area contributed by atoms with Crippen molar-refractivity contribution in [1.29, 1.82) is 0 Å². The summed E-state index contributed by atoms with van der Waals surface area (Å²) in [4.78, 5) is 24.5. The molecule has 7 nitrogen and oxygen atoms in total. The molecule has 1 aliphatic heterocycles. The number of hydrogen-bond donors (Lipinski definition) is 0. The molecule has 0 amide bonds. The van der Waals surface area contributed by atoms with Gasteiger partial charge in [0.25, 0.3) is 10.1 Å². The normalized spacial score (nSPS) is 39.2. The molecule has 25 heavy (non-hydrogen) atoms. The largest absolute Gasteiger partial charge is 0.456 e. The molecule has 2 bridgehead atoms. The van der Waals surface area contributed by atoms with Gasteiger partial charge in [0, 0.05) is 11.8 Å². The number of hydrogen-bond acceptors (Lipinski definition) is 7. The molecule has 8 heteroatoms. The number of rotatable bonds is 5. The molecule has 142 valence electrons. The second kappa shape index (κ2) is 5.67. The van der Waals surface area contributed by atoms with Crippen molar-refractivity contribution >= 4 is 22.1 Å². The van der Waals surface area contributed by atoms with Gasteiger partial charge in [-0.25, -0.2) is 4.79 Å². The zero-order chi connectivity index (χ0) is 18.8. The van der Waals surface area contributed by atoms with Crippen molar-refractivity contribution in [2.45, 2.75) is 76.9 Å². The molecule has 2 aliphatic carbocycles. The molecule has 0 spiro atoms. The van der Waals surface area contributed by atoms with Crippen LogP contribution in [0.3, 0.4) is 0 Å². The third-order valence-electron chi connectivity index (χ3n) is 6.23. The van der Waals surface area contributed by atoms with Crippen molar-refractivity contribution < 1.29 is 31.7 Å². The summed E-state index contributed by atoms with van der Waals surface area (Å²) in [6.45, 7) is 8.54. The summed E-state index contributed by atoms with van der Waals surface area (Å²) in [6.07, 6.45) is 0.0478. The minimum atomic E-state index is -3.60. The molecule has 0 radical (unpaired) electrons. The van der Waals surface area contributed by atoms with Gasteiger partial charge in [0.1, 0.15) is 11.7 Å². The quantitative estimate of drug-likeness (QED) is 0.535. The van der Waals surface area contributed by atoms with Gasteiger partial charge in [0.05, 0.1) is 10.7 Å². The van der Waals surface area contributed by atoms with Crippen LogP contribution in [0.2, 0.25) is 0 Å². The number of carbonyl (C=O) groups excluding carboxylic acids is 2. The Bertz CT molecular complexity index is 698. The van der Waals surface area contributed by atoms with E-state index in [1.54, 1.807) is 20.8 Å². The summed E-state index contributed by atoms with van der Waals surface area (Å²) in [6, 6.07) is 0. The molecule has 1 saturated heterocycles. The maximum Gasteiger partial charge on any atom is 0.347 e. The number of fused-ring (bicyclic) bond motifs is 1. The van der Waals surface area contributed by atoms with Crippen LogP contribution >= 0.6 is 0 Å². The van der Waals surface area contributed by atoms with Crippen LogP contribution in [0, 0.1) is 17.3 Å². The van der Waals surface area contributed by atoms with E-state index in [1.807, 2.05) is 6.92 Å². The number of esters is 2. The molecule has 6 atom stereocenters. The third kappa shape index (κ3) is 2.77. The lowest BCUT2D eigenvalue weighted by Crippen LogP contribution is -2.48. The van der Waals surface area contributed by atoms with Crippen molar-refractivity contribution in [3.63, 3.8) is 0 Å². The van der Waals surface area contributed by atoms with Crippen LogP contribution in [-0.2, 0) is 33.4 Å². The van der Waals surface area contributed by atoms with E-state index in [-0.39, 0.29) is 11.8 Å². The molecule has 0 aromatic rings. The Hall–Kier alpha value is -1.15. The first-order chi connectivity index (χ1) is 11.4. The Kier molecular flexibility index (Phi) is 4.23. The average Bonchev–Trinajstić information content (AvgIpc) is 3.09. The summed E-state index contributed by atoms with van der Waals surface area (Å²) in [7, 11) is -3.60. The molecular weight excluding hydrogens is 348 g/mol. The lowest BCUT2D eigenvalue weighted by molar-refractivity contribution is -0.183. The van der Waals surface area contributed by atoms with E-state index < -0.39 is 50.5 Å². The maximum absolute atomic E-state index is 12.4. The Labute approximate surface area is 148 Å². The van der Waals surface area contributed by atoms with E-state index in [9.17, 15) is 18.0 Å². The van der Waals surface area contributed by atoms with Gasteiger partial charge in [-0.3, -0.25) is 8.98 Å². The lowest BCUT2D eigenvalue weighted by atomic mass is 9.83. The van der Waals surface area contributed by atoms with Crippen LogP contribution < -0.4 is 0 Å². The van der Waals surface area contributed by atoms with Crippen molar-refractivity contribution in [2.24, 2.45) is 17.3 Å². The topological polar surface area (TPSA) is 96.0 Å². The van der Waals surface area contributed by atoms with Crippen LogP contribution in [0.15, 0.2) is 0 Å². The smallest absolute Gasteiger partial charge is 0.347 e. The molecule has 6 unspecified atom stereocenters. The number of carbonyl (C=O) groups is 2. The minimum absolute atomic E-state index is 0.0313. The van der Waals surface area contributed by atoms with Gasteiger partial charge < -0.3 is 9.47 Å². The molecule has 2 saturated carbocycles. The first-order valence-corrected chi connectivity index (χ1v) is 10.3. The molecule has 3 aliphatic rings. The summed E-state index contributed by atoms with van der Waals surface area (Å²) in [5.41, 5.74) is -1.68. The summed E-state index contributed by atoms with van der Waals surface area (Å²) in [5, 5.41) is -0.488. The molecular formula is C17H26O7S. The second-order valence-electron chi connectivity index (χ2n) is 8.28. The SMILES string of the molecule is CCC(C)(C)C(=O)OC(C)C(=O)OC1C2CC3C(C2)S(=O)(=O)OC31C. The highest BCUT2D eigenvalue weighted by atomic mass is 32.2. The van der Waals surface area contributed by atoms with Gasteiger partial charge in [0.15, 0.2) is 6.10 Å². The van der Waals surface area contributed by atoms with Crippen LogP contribution in [0.25, 0.3) is 0 Å². The Balaban J connectivity index is 1.67. The molecule has 1 heterocycles. The molecule has 0 aromatic carbocycles. The predicted molar refractivity (Wildman–Crippen MR) is 87.9 cm³/mol. The maximum atomic E-state index is 12.4. The van der Waals surface area contributed by atoms with E-state index >= 15 is 0 Å². The summed E-state index contributed by atoms with van der Waals surface area (Å²) >= 11 is 0. The van der Waals surface area contributed by atoms with Crippen LogP contribution in [0.5, 0.6) is 0 Å². The third-order valence-corrected chi connectivity index (χ3v) is 8.09. The van der Waals surface area contributed by atoms with Gasteiger partial charge >= 0.3 is 11.9 Å². The minimum Gasteiger partial charge on any atom is -0.456 e. The van der Waals surface area contributed by atoms with E-state index in [2.05, 4.69) is 0 Å². The first-order valence-electron chi connectivity index (χ1n) is 8.78. The highest BCUT2D eigenvalue weighted by molar-refractivity contribution is 7.87. The van der Waals surface area contributed by atoms with Crippen molar-refractivity contribution in [1.82, 2.24) is 0 Å². The highest BCUT2D eigenvalue weighted by Gasteiger charge is 2.72.